The monoisotopic (exact) mass is 1840 g/mol. The number of aromatic nitrogens is 3. The third-order valence-corrected chi connectivity index (χ3v) is 27.6. The van der Waals surface area contributed by atoms with Crippen molar-refractivity contribution in [2.75, 3.05) is 14.7 Å². The molecule has 0 fully saturated rings. The van der Waals surface area contributed by atoms with E-state index in [9.17, 15) is 0 Å². The molecule has 0 saturated heterocycles. The summed E-state index contributed by atoms with van der Waals surface area (Å²) in [6.07, 6.45) is 0. The van der Waals surface area contributed by atoms with E-state index in [-0.39, 0.29) is 0 Å². The van der Waals surface area contributed by atoms with Gasteiger partial charge in [0.05, 0.1) is 33.1 Å². The lowest BCUT2D eigenvalue weighted by atomic mass is 10.0. The molecule has 0 atom stereocenters. The molecular formula is C138H98N6. The zero-order chi connectivity index (χ0) is 95.9. The first kappa shape index (κ1) is 87.6. The molecule has 0 radical (unpaired) electrons. The van der Waals surface area contributed by atoms with Crippen molar-refractivity contribution in [3.63, 3.8) is 0 Å². The minimum atomic E-state index is 1.11. The normalized spacial score (nSPS) is 11.2. The van der Waals surface area contributed by atoms with E-state index in [1.54, 1.807) is 0 Å². The topological polar surface area (TPSA) is 24.5 Å². The Labute approximate surface area is 839 Å². The van der Waals surface area contributed by atoms with Gasteiger partial charge in [0.2, 0.25) is 0 Å². The fourth-order valence-electron chi connectivity index (χ4n) is 20.6. The first-order valence-corrected chi connectivity index (χ1v) is 49.2. The minimum Gasteiger partial charge on any atom is -0.311 e. The number of hydrogen-bond acceptors (Lipinski definition) is 3. The Kier molecular flexibility index (Phi) is 24.2. The Morgan fingerprint density at radius 3 is 0.618 bits per heavy atom. The molecule has 0 aliphatic heterocycles. The SMILES string of the molecule is c1ccc(-c2ccc(N(c3ccc(-c4ccccc4)cc3)c3ccc(-c4ccc(-n5c6ccccc6c6ccccc65)cc4)cc3)cc2)cc1.c1ccc(-c2ccc(N(c3ccc(-c4ccccc4)cc3)c3ccc(-c4ccc5c(c4)c4ccccc4n5-c4ccccc4)cc3)cc2)cc1.c1ccc(-c2ccc(N(c3ccccc3)c3ccc(-c4cccc5c6ccccc6n(-c6ccccc6)c45)cc3)cc2)cc1. The lowest BCUT2D eigenvalue weighted by Crippen LogP contribution is -2.09. The largest absolute Gasteiger partial charge is 0.311 e. The molecule has 0 spiro atoms. The zero-order valence-corrected chi connectivity index (χ0v) is 79.3. The molecule has 3 aromatic heterocycles. The summed E-state index contributed by atoms with van der Waals surface area (Å²) in [4.78, 5) is 6.99. The molecule has 26 aromatic rings. The molecule has 0 N–H and O–H groups in total. The molecule has 23 aromatic carbocycles. The van der Waals surface area contributed by atoms with Crippen LogP contribution < -0.4 is 14.7 Å². The summed E-state index contributed by atoms with van der Waals surface area (Å²) in [6.45, 7) is 0. The average molecular weight is 1840 g/mol. The van der Waals surface area contributed by atoms with Crippen molar-refractivity contribution < 1.29 is 0 Å². The van der Waals surface area contributed by atoms with Crippen molar-refractivity contribution in [2.24, 2.45) is 0 Å². The molecule has 0 amide bonds. The van der Waals surface area contributed by atoms with Crippen LogP contribution in [-0.4, -0.2) is 13.7 Å². The highest BCUT2D eigenvalue weighted by atomic mass is 15.2. The van der Waals surface area contributed by atoms with Crippen LogP contribution >= 0.6 is 0 Å². The van der Waals surface area contributed by atoms with Gasteiger partial charge in [-0.1, -0.05) is 413 Å². The third kappa shape index (κ3) is 17.6. The van der Waals surface area contributed by atoms with Gasteiger partial charge in [-0.2, -0.15) is 0 Å². The quantitative estimate of drug-likeness (QED) is 0.0760. The standard InChI is InChI=1S/2C48H34N2.C42H30N2/c1-4-12-35(13-5-1)37-20-27-42(28-21-37)49(43-29-22-38(23-30-43)36-14-6-2-7-15-36)44-31-24-39(25-32-44)40-26-33-48-46(34-40)45-18-10-11-19-47(45)50(48)41-16-8-3-9-17-41;1-3-11-35(12-4-1)37-19-27-41(28-20-37)49(42-29-21-38(22-30-42)36-13-5-2-6-14-36)43-31-23-39(24-32-43)40-25-33-44(34-26-40)50-47-17-9-7-15-45(47)46-16-8-10-18-48(46)50;1-4-13-31(14-5-1)32-23-27-36(28-24-32)43(34-15-6-2-7-16-34)37-29-25-33(26-30-37)38-20-12-21-40-39-19-10-11-22-41(39)44(42(38)40)35-17-8-3-9-18-35/h2*1-34H;1-30H. The molecule has 0 unspecified atom stereocenters. The number of anilines is 9. The second-order valence-corrected chi connectivity index (χ2v) is 36.3. The maximum atomic E-state index is 2.40. The molecule has 3 heterocycles. The van der Waals surface area contributed by atoms with Crippen molar-refractivity contribution in [1.82, 2.24) is 13.7 Å². The van der Waals surface area contributed by atoms with E-state index in [0.717, 1.165) is 62.6 Å². The molecule has 680 valence electrons. The van der Waals surface area contributed by atoms with Gasteiger partial charge in [0, 0.05) is 106 Å². The van der Waals surface area contributed by atoms with Crippen LogP contribution in [0.2, 0.25) is 0 Å². The lowest BCUT2D eigenvalue weighted by molar-refractivity contribution is 1.18. The predicted octanol–water partition coefficient (Wildman–Crippen LogP) is 38.1. The van der Waals surface area contributed by atoms with Gasteiger partial charge in [-0.25, -0.2) is 0 Å². The second kappa shape index (κ2) is 39.8. The molecular weight excluding hydrogens is 1740 g/mol. The van der Waals surface area contributed by atoms with E-state index in [0.29, 0.717) is 0 Å². The number of para-hydroxylation sites is 8. The van der Waals surface area contributed by atoms with Gasteiger partial charge in [0.1, 0.15) is 0 Å². The highest BCUT2D eigenvalue weighted by molar-refractivity contribution is 6.15. The fourth-order valence-corrected chi connectivity index (χ4v) is 20.6. The van der Waals surface area contributed by atoms with Gasteiger partial charge in [-0.05, 0) is 265 Å². The van der Waals surface area contributed by atoms with Crippen molar-refractivity contribution >= 4 is 117 Å². The van der Waals surface area contributed by atoms with Crippen LogP contribution in [0.25, 0.3) is 171 Å². The van der Waals surface area contributed by atoms with E-state index >= 15 is 0 Å². The van der Waals surface area contributed by atoms with Crippen LogP contribution in [0, 0.1) is 0 Å². The minimum absolute atomic E-state index is 1.11. The molecule has 6 heteroatoms. The van der Waals surface area contributed by atoms with Crippen molar-refractivity contribution in [3.8, 4) is 106 Å². The van der Waals surface area contributed by atoms with E-state index in [1.807, 2.05) is 0 Å². The number of benzene rings is 23. The highest BCUT2D eigenvalue weighted by Gasteiger charge is 2.23. The first-order valence-electron chi connectivity index (χ1n) is 49.2. The van der Waals surface area contributed by atoms with Crippen LogP contribution in [0.3, 0.4) is 0 Å². The van der Waals surface area contributed by atoms with Crippen molar-refractivity contribution in [1.29, 1.82) is 0 Å². The van der Waals surface area contributed by atoms with Gasteiger partial charge in [0.15, 0.2) is 0 Å². The zero-order valence-electron chi connectivity index (χ0n) is 79.3. The first-order chi connectivity index (χ1) is 71.4. The number of hydrogen-bond donors (Lipinski definition) is 0. The molecule has 0 bridgehead atoms. The average Bonchev–Trinajstić information content (AvgIpc) is 2.45. The molecule has 0 aliphatic carbocycles. The second-order valence-electron chi connectivity index (χ2n) is 36.3. The van der Waals surface area contributed by atoms with Gasteiger partial charge in [-0.15, -0.1) is 0 Å². The van der Waals surface area contributed by atoms with E-state index in [4.69, 9.17) is 0 Å². The summed E-state index contributed by atoms with van der Waals surface area (Å²) in [5, 5.41) is 7.58. The summed E-state index contributed by atoms with van der Waals surface area (Å²) >= 11 is 0. The van der Waals surface area contributed by atoms with Crippen LogP contribution in [0.5, 0.6) is 0 Å². The maximum absolute atomic E-state index is 2.40. The number of rotatable bonds is 20. The Hall–Kier alpha value is -19.1. The Morgan fingerprint density at radius 1 is 0.111 bits per heavy atom. The molecule has 144 heavy (non-hydrogen) atoms. The summed E-state index contributed by atoms with van der Waals surface area (Å²) in [5.41, 5.74) is 40.1. The van der Waals surface area contributed by atoms with Gasteiger partial charge in [-0.3, -0.25) is 0 Å². The van der Waals surface area contributed by atoms with Gasteiger partial charge in [0.25, 0.3) is 0 Å². The number of nitrogens with zero attached hydrogens (tertiary/aromatic N) is 6. The van der Waals surface area contributed by atoms with Crippen molar-refractivity contribution in [2.45, 2.75) is 0 Å². The fraction of sp³-hybridized carbons (Fsp3) is 0. The predicted molar refractivity (Wildman–Crippen MR) is 610 cm³/mol. The maximum Gasteiger partial charge on any atom is 0.0619 e. The number of fused-ring (bicyclic) bond motifs is 9. The highest BCUT2D eigenvalue weighted by Crippen LogP contribution is 2.46. The molecule has 0 saturated carbocycles. The van der Waals surface area contributed by atoms with E-state index < -0.39 is 0 Å². The summed E-state index contributed by atoms with van der Waals surface area (Å²) < 4.78 is 7.13. The summed E-state index contributed by atoms with van der Waals surface area (Å²) in [6, 6.07) is 213. The third-order valence-electron chi connectivity index (χ3n) is 27.6. The molecule has 26 rings (SSSR count). The van der Waals surface area contributed by atoms with Gasteiger partial charge >= 0.3 is 0 Å². The Bertz CT molecular complexity index is 8700. The van der Waals surface area contributed by atoms with E-state index in [1.165, 1.54) is 160 Å². The van der Waals surface area contributed by atoms with Crippen LogP contribution in [-0.2, 0) is 0 Å². The lowest BCUT2D eigenvalue weighted by Gasteiger charge is -2.26. The Balaban J connectivity index is 0.000000117. The van der Waals surface area contributed by atoms with Gasteiger partial charge < -0.3 is 28.4 Å². The molecule has 6 nitrogen and oxygen atoms in total. The Morgan fingerprint density at radius 2 is 0.306 bits per heavy atom. The summed E-state index contributed by atoms with van der Waals surface area (Å²) in [5.74, 6) is 0. The van der Waals surface area contributed by atoms with Crippen LogP contribution in [0.4, 0.5) is 51.2 Å². The van der Waals surface area contributed by atoms with E-state index in [2.05, 4.69) is 623 Å². The van der Waals surface area contributed by atoms with Crippen LogP contribution in [0.15, 0.2) is 595 Å². The summed E-state index contributed by atoms with van der Waals surface area (Å²) in [7, 11) is 0. The van der Waals surface area contributed by atoms with Crippen molar-refractivity contribution in [3.05, 3.63) is 595 Å². The smallest absolute Gasteiger partial charge is 0.0619 e. The molecule has 0 aliphatic rings. The van der Waals surface area contributed by atoms with Crippen LogP contribution in [0.1, 0.15) is 0 Å².